The molecule has 3 aromatic rings. The van der Waals surface area contributed by atoms with Crippen molar-refractivity contribution in [3.05, 3.63) is 65.9 Å². The van der Waals surface area contributed by atoms with Gasteiger partial charge in [-0.2, -0.15) is 0 Å². The Bertz CT molecular complexity index is 1000. The monoisotopic (exact) mass is 379 g/mol. The number of nitrogens with zero attached hydrogens (tertiary/aromatic N) is 3. The van der Waals surface area contributed by atoms with Gasteiger partial charge in [0.15, 0.2) is 11.5 Å². The Morgan fingerprint density at radius 3 is 2.86 bits per heavy atom. The minimum atomic E-state index is -0.248. The van der Waals surface area contributed by atoms with Crippen LogP contribution in [0.2, 0.25) is 0 Å². The van der Waals surface area contributed by atoms with Gasteiger partial charge in [-0.1, -0.05) is 6.07 Å². The highest BCUT2D eigenvalue weighted by Crippen LogP contribution is 2.34. The quantitative estimate of drug-likeness (QED) is 0.711. The van der Waals surface area contributed by atoms with Crippen molar-refractivity contribution in [3.8, 4) is 17.3 Å². The lowest BCUT2D eigenvalue weighted by Crippen LogP contribution is -2.36. The van der Waals surface area contributed by atoms with E-state index in [-0.39, 0.29) is 18.9 Å². The van der Waals surface area contributed by atoms with Gasteiger partial charge in [-0.25, -0.2) is 14.8 Å². The van der Waals surface area contributed by atoms with Crippen molar-refractivity contribution in [1.82, 2.24) is 25.2 Å². The molecule has 4 rings (SSSR count). The molecule has 0 saturated heterocycles. The summed E-state index contributed by atoms with van der Waals surface area (Å²) in [5.74, 6) is 3.05. The van der Waals surface area contributed by atoms with E-state index >= 15 is 0 Å². The topological polar surface area (TPSA) is 90.3 Å². The largest absolute Gasteiger partial charge is 0.454 e. The lowest BCUT2D eigenvalue weighted by molar-refractivity contribution is 0.174. The van der Waals surface area contributed by atoms with E-state index < -0.39 is 0 Å². The lowest BCUT2D eigenvalue weighted by atomic mass is 10.1. The highest BCUT2D eigenvalue weighted by molar-refractivity contribution is 5.74. The van der Waals surface area contributed by atoms with Crippen molar-refractivity contribution in [2.75, 3.05) is 6.79 Å². The van der Waals surface area contributed by atoms with Crippen molar-refractivity contribution in [1.29, 1.82) is 0 Å². The number of aromatic nitrogens is 3. The van der Waals surface area contributed by atoms with Crippen molar-refractivity contribution in [3.63, 3.8) is 0 Å². The molecule has 0 spiro atoms. The molecule has 0 fully saturated rings. The van der Waals surface area contributed by atoms with Gasteiger partial charge in [0.25, 0.3) is 0 Å². The van der Waals surface area contributed by atoms with E-state index in [2.05, 4.69) is 20.6 Å². The fourth-order valence-corrected chi connectivity index (χ4v) is 3.02. The number of carbonyl (C=O) groups is 1. The van der Waals surface area contributed by atoms with Crippen molar-refractivity contribution >= 4 is 6.03 Å². The molecular weight excluding hydrogens is 358 g/mol. The van der Waals surface area contributed by atoms with Gasteiger partial charge in [0, 0.05) is 25.1 Å². The Labute approximate surface area is 162 Å². The van der Waals surface area contributed by atoms with Crippen LogP contribution in [0.3, 0.4) is 0 Å². The Morgan fingerprint density at radius 2 is 2.04 bits per heavy atom. The minimum absolute atomic E-state index is 0.170. The molecule has 1 atom stereocenters. The number of rotatable bonds is 5. The number of hydrogen-bond donors (Lipinski definition) is 2. The summed E-state index contributed by atoms with van der Waals surface area (Å²) in [6, 6.07) is 9.04. The first-order valence-electron chi connectivity index (χ1n) is 8.99. The van der Waals surface area contributed by atoms with Crippen molar-refractivity contribution < 1.29 is 14.3 Å². The summed E-state index contributed by atoms with van der Waals surface area (Å²) in [6.45, 7) is 4.46. The standard InChI is InChI=1S/C20H21N5O3/c1-13(16-3-4-17-18(10-16)28-12-27-17)24-20(26)23-11-15-5-6-22-19(9-15)25-8-7-21-14(25)2/h3-10,13H,11-12H2,1-2H3,(H2,23,24,26). The summed E-state index contributed by atoms with van der Waals surface area (Å²) in [5.41, 5.74) is 1.89. The average Bonchev–Trinajstić information content (AvgIpc) is 3.34. The maximum absolute atomic E-state index is 12.3. The second-order valence-electron chi connectivity index (χ2n) is 6.53. The van der Waals surface area contributed by atoms with Crippen LogP contribution in [0.4, 0.5) is 4.79 Å². The Morgan fingerprint density at radius 1 is 1.18 bits per heavy atom. The van der Waals surface area contributed by atoms with E-state index in [0.717, 1.165) is 28.5 Å². The van der Waals surface area contributed by atoms with Crippen molar-refractivity contribution in [2.45, 2.75) is 26.4 Å². The molecule has 3 heterocycles. The molecule has 1 aliphatic rings. The first-order chi connectivity index (χ1) is 13.6. The molecule has 28 heavy (non-hydrogen) atoms. The van der Waals surface area contributed by atoms with Crippen LogP contribution in [-0.4, -0.2) is 27.4 Å². The van der Waals surface area contributed by atoms with Crippen LogP contribution in [0.5, 0.6) is 11.5 Å². The van der Waals surface area contributed by atoms with E-state index in [4.69, 9.17) is 9.47 Å². The van der Waals surface area contributed by atoms with Crippen LogP contribution in [0, 0.1) is 6.92 Å². The zero-order valence-electron chi connectivity index (χ0n) is 15.7. The molecule has 8 nitrogen and oxygen atoms in total. The summed E-state index contributed by atoms with van der Waals surface area (Å²) < 4.78 is 12.6. The number of hydrogen-bond acceptors (Lipinski definition) is 5. The van der Waals surface area contributed by atoms with E-state index in [1.54, 1.807) is 12.4 Å². The van der Waals surface area contributed by atoms with Crippen LogP contribution in [-0.2, 0) is 6.54 Å². The zero-order valence-corrected chi connectivity index (χ0v) is 15.7. The van der Waals surface area contributed by atoms with E-state index in [9.17, 15) is 4.79 Å². The number of imidazole rings is 1. The summed E-state index contributed by atoms with van der Waals surface area (Å²) in [6.07, 6.45) is 5.31. The number of ether oxygens (including phenoxy) is 2. The smallest absolute Gasteiger partial charge is 0.315 e. The van der Waals surface area contributed by atoms with Gasteiger partial charge < -0.3 is 20.1 Å². The molecule has 2 amide bonds. The average molecular weight is 379 g/mol. The fraction of sp³-hybridized carbons (Fsp3) is 0.250. The molecule has 1 aliphatic heterocycles. The number of urea groups is 1. The number of aryl methyl sites for hydroxylation is 1. The summed E-state index contributed by atoms with van der Waals surface area (Å²) in [5, 5.41) is 5.81. The number of benzene rings is 1. The maximum Gasteiger partial charge on any atom is 0.315 e. The highest BCUT2D eigenvalue weighted by Gasteiger charge is 2.16. The highest BCUT2D eigenvalue weighted by atomic mass is 16.7. The third-order valence-electron chi connectivity index (χ3n) is 4.58. The van der Waals surface area contributed by atoms with Crippen LogP contribution in [0.1, 0.15) is 29.9 Å². The molecule has 0 bridgehead atoms. The molecule has 0 saturated carbocycles. The second-order valence-corrected chi connectivity index (χ2v) is 6.53. The first kappa shape index (κ1) is 17.8. The summed E-state index contributed by atoms with van der Waals surface area (Å²) in [4.78, 5) is 20.9. The molecule has 1 unspecified atom stereocenters. The second kappa shape index (κ2) is 7.59. The molecule has 144 valence electrons. The van der Waals surface area contributed by atoms with Gasteiger partial charge in [-0.05, 0) is 49.2 Å². The van der Waals surface area contributed by atoms with Crippen LogP contribution >= 0.6 is 0 Å². The third-order valence-corrected chi connectivity index (χ3v) is 4.58. The molecule has 1 aromatic carbocycles. The predicted molar refractivity (Wildman–Crippen MR) is 102 cm³/mol. The van der Waals surface area contributed by atoms with Gasteiger partial charge >= 0.3 is 6.03 Å². The van der Waals surface area contributed by atoms with Gasteiger partial charge in [-0.15, -0.1) is 0 Å². The van der Waals surface area contributed by atoms with Crippen LogP contribution in [0.25, 0.3) is 5.82 Å². The number of carbonyl (C=O) groups excluding carboxylic acids is 1. The molecule has 0 radical (unpaired) electrons. The predicted octanol–water partition coefficient (Wildman–Crippen LogP) is 2.86. The lowest BCUT2D eigenvalue weighted by Gasteiger charge is -2.16. The molecule has 8 heteroatoms. The van der Waals surface area contributed by atoms with Crippen LogP contribution < -0.4 is 20.1 Å². The molecule has 2 N–H and O–H groups in total. The summed E-state index contributed by atoms with van der Waals surface area (Å²) in [7, 11) is 0. The number of pyridine rings is 1. The number of nitrogens with one attached hydrogen (secondary N) is 2. The van der Waals surface area contributed by atoms with Gasteiger partial charge in [0.1, 0.15) is 11.6 Å². The molecule has 0 aliphatic carbocycles. The first-order valence-corrected chi connectivity index (χ1v) is 8.99. The fourth-order valence-electron chi connectivity index (χ4n) is 3.02. The Hall–Kier alpha value is -3.55. The van der Waals surface area contributed by atoms with Crippen molar-refractivity contribution in [2.24, 2.45) is 0 Å². The SMILES string of the molecule is Cc1nccn1-c1cc(CNC(=O)NC(C)c2ccc3c(c2)OCO3)ccn1. The zero-order chi connectivity index (χ0) is 19.5. The van der Waals surface area contributed by atoms with Gasteiger partial charge in [0.2, 0.25) is 6.79 Å². The number of fused-ring (bicyclic) bond motifs is 1. The summed E-state index contributed by atoms with van der Waals surface area (Å²) >= 11 is 0. The normalized spacial score (nSPS) is 13.2. The van der Waals surface area contributed by atoms with Crippen LogP contribution in [0.15, 0.2) is 48.9 Å². The Balaban J connectivity index is 1.35. The van der Waals surface area contributed by atoms with E-state index in [1.807, 2.05) is 54.9 Å². The van der Waals surface area contributed by atoms with Gasteiger partial charge in [-0.3, -0.25) is 4.57 Å². The van der Waals surface area contributed by atoms with E-state index in [1.165, 1.54) is 0 Å². The minimum Gasteiger partial charge on any atom is -0.454 e. The third kappa shape index (κ3) is 3.75. The maximum atomic E-state index is 12.3. The molecular formula is C20H21N5O3. The van der Waals surface area contributed by atoms with E-state index in [0.29, 0.717) is 12.3 Å². The Kier molecular flexibility index (Phi) is 4.84. The van der Waals surface area contributed by atoms with Gasteiger partial charge in [0.05, 0.1) is 6.04 Å². The number of amides is 2. The molecule has 2 aromatic heterocycles.